The number of rotatable bonds is 3. The fraction of sp³-hybridized carbons (Fsp3) is 0.222. The van der Waals surface area contributed by atoms with Gasteiger partial charge in [0.2, 0.25) is 5.82 Å². The van der Waals surface area contributed by atoms with Crippen LogP contribution in [0.3, 0.4) is 0 Å². The highest BCUT2D eigenvalue weighted by Gasteiger charge is 2.35. The average molecular weight is 290 g/mol. The lowest BCUT2D eigenvalue weighted by atomic mass is 10.5. The van der Waals surface area contributed by atoms with Crippen molar-refractivity contribution in [1.82, 2.24) is 19.5 Å². The first-order chi connectivity index (χ1) is 8.90. The maximum Gasteiger partial charge on any atom is 0.451 e. The van der Waals surface area contributed by atoms with Crippen LogP contribution in [0.1, 0.15) is 5.82 Å². The van der Waals surface area contributed by atoms with E-state index >= 15 is 0 Å². The fourth-order valence-corrected chi connectivity index (χ4v) is 2.03. The lowest BCUT2D eigenvalue weighted by Crippen LogP contribution is -2.16. The summed E-state index contributed by atoms with van der Waals surface area (Å²) in [5.74, 6) is 3.73. The second-order valence-electron chi connectivity index (χ2n) is 3.48. The maximum atomic E-state index is 12.6. The van der Waals surface area contributed by atoms with Crippen molar-refractivity contribution in [3.05, 3.63) is 24.3 Å². The number of hydrogen-bond donors (Lipinski definition) is 2. The predicted molar refractivity (Wildman–Crippen MR) is 62.2 cm³/mol. The van der Waals surface area contributed by atoms with Crippen LogP contribution in [0.15, 0.2) is 28.6 Å². The largest absolute Gasteiger partial charge is 0.451 e. The van der Waals surface area contributed by atoms with Crippen LogP contribution in [0.25, 0.3) is 0 Å². The SMILES string of the molecule is Cn1ccnc1Sc1cc(NN)nc(C(F)(F)F)n1. The Bertz CT molecular complexity index is 582. The van der Waals surface area contributed by atoms with Crippen molar-refractivity contribution in [3.63, 3.8) is 0 Å². The molecule has 0 spiro atoms. The van der Waals surface area contributed by atoms with Gasteiger partial charge in [0.15, 0.2) is 5.16 Å². The minimum atomic E-state index is -4.64. The van der Waals surface area contributed by atoms with Crippen LogP contribution in [-0.4, -0.2) is 19.5 Å². The number of hydrazine groups is 1. The van der Waals surface area contributed by atoms with Crippen LogP contribution in [0.5, 0.6) is 0 Å². The van der Waals surface area contributed by atoms with Gasteiger partial charge in [0.25, 0.3) is 0 Å². The van der Waals surface area contributed by atoms with Gasteiger partial charge in [-0.2, -0.15) is 13.2 Å². The Kier molecular flexibility index (Phi) is 3.62. The van der Waals surface area contributed by atoms with Crippen LogP contribution in [0, 0.1) is 0 Å². The van der Waals surface area contributed by atoms with E-state index in [1.54, 1.807) is 17.8 Å². The molecule has 2 rings (SSSR count). The van der Waals surface area contributed by atoms with Crippen LogP contribution in [0.4, 0.5) is 19.0 Å². The molecule has 0 atom stereocenters. The van der Waals surface area contributed by atoms with E-state index in [4.69, 9.17) is 5.84 Å². The number of halogens is 3. The van der Waals surface area contributed by atoms with Crippen molar-refractivity contribution in [1.29, 1.82) is 0 Å². The van der Waals surface area contributed by atoms with Crippen molar-refractivity contribution >= 4 is 17.6 Å². The van der Waals surface area contributed by atoms with Crippen molar-refractivity contribution in [2.24, 2.45) is 12.9 Å². The van der Waals surface area contributed by atoms with Crippen LogP contribution in [-0.2, 0) is 13.2 Å². The molecule has 0 unspecified atom stereocenters. The quantitative estimate of drug-likeness (QED) is 0.508. The summed E-state index contributed by atoms with van der Waals surface area (Å²) in [6.07, 6.45) is -1.42. The summed E-state index contributed by atoms with van der Waals surface area (Å²) in [5, 5.41) is 0.611. The Morgan fingerprint density at radius 1 is 1.37 bits per heavy atom. The Labute approximate surface area is 110 Å². The van der Waals surface area contributed by atoms with E-state index in [2.05, 4.69) is 20.4 Å². The zero-order valence-corrected chi connectivity index (χ0v) is 10.5. The molecule has 19 heavy (non-hydrogen) atoms. The number of nitrogens with zero attached hydrogens (tertiary/aromatic N) is 4. The van der Waals surface area contributed by atoms with E-state index in [1.807, 2.05) is 0 Å². The van der Waals surface area contributed by atoms with E-state index in [-0.39, 0.29) is 10.8 Å². The van der Waals surface area contributed by atoms with Crippen molar-refractivity contribution in [2.45, 2.75) is 16.4 Å². The summed E-state index contributed by atoms with van der Waals surface area (Å²) < 4.78 is 39.5. The number of imidazole rings is 1. The lowest BCUT2D eigenvalue weighted by Gasteiger charge is -2.09. The molecule has 0 aliphatic rings. The zero-order chi connectivity index (χ0) is 14.0. The van der Waals surface area contributed by atoms with Gasteiger partial charge in [0.05, 0.1) is 0 Å². The second kappa shape index (κ2) is 5.05. The summed E-state index contributed by atoms with van der Waals surface area (Å²) in [6, 6.07) is 1.31. The van der Waals surface area contributed by atoms with Gasteiger partial charge in [0, 0.05) is 25.5 Å². The normalized spacial score (nSPS) is 11.6. The van der Waals surface area contributed by atoms with Crippen LogP contribution in [0.2, 0.25) is 0 Å². The number of aromatic nitrogens is 4. The molecule has 102 valence electrons. The molecule has 2 heterocycles. The molecule has 0 aliphatic heterocycles. The van der Waals surface area contributed by atoms with Gasteiger partial charge < -0.3 is 9.99 Å². The van der Waals surface area contributed by atoms with Gasteiger partial charge in [-0.15, -0.1) is 0 Å². The summed E-state index contributed by atoms with van der Waals surface area (Å²) in [4.78, 5) is 10.7. The molecule has 10 heteroatoms. The zero-order valence-electron chi connectivity index (χ0n) is 9.64. The van der Waals surface area contributed by atoms with Crippen LogP contribution < -0.4 is 11.3 Å². The van der Waals surface area contributed by atoms with Gasteiger partial charge in [-0.1, -0.05) is 0 Å². The first-order valence-corrected chi connectivity index (χ1v) is 5.80. The topological polar surface area (TPSA) is 81.7 Å². The summed E-state index contributed by atoms with van der Waals surface area (Å²) in [7, 11) is 1.73. The van der Waals surface area contributed by atoms with Crippen molar-refractivity contribution in [3.8, 4) is 0 Å². The Morgan fingerprint density at radius 3 is 2.63 bits per heavy atom. The van der Waals surface area contributed by atoms with Gasteiger partial charge in [-0.3, -0.25) is 0 Å². The van der Waals surface area contributed by atoms with E-state index in [1.165, 1.54) is 12.3 Å². The van der Waals surface area contributed by atoms with E-state index in [9.17, 15) is 13.2 Å². The number of anilines is 1. The predicted octanol–water partition coefficient (Wildman–Crippen LogP) is 1.67. The first kappa shape index (κ1) is 13.6. The number of nitrogens with one attached hydrogen (secondary N) is 1. The first-order valence-electron chi connectivity index (χ1n) is 4.98. The molecule has 0 saturated carbocycles. The molecule has 0 aromatic carbocycles. The highest BCUT2D eigenvalue weighted by Crippen LogP contribution is 2.31. The number of aryl methyl sites for hydroxylation is 1. The fourth-order valence-electron chi connectivity index (χ4n) is 1.22. The molecule has 0 radical (unpaired) electrons. The third-order valence-corrected chi connectivity index (χ3v) is 3.07. The molecule has 0 amide bonds. The van der Waals surface area contributed by atoms with Gasteiger partial charge in [-0.25, -0.2) is 20.8 Å². The smallest absolute Gasteiger partial charge is 0.329 e. The summed E-state index contributed by atoms with van der Waals surface area (Å²) >= 11 is 0.986. The third kappa shape index (κ3) is 3.15. The molecule has 3 N–H and O–H groups in total. The molecule has 0 fully saturated rings. The average Bonchev–Trinajstić information content (AvgIpc) is 2.73. The van der Waals surface area contributed by atoms with E-state index < -0.39 is 12.0 Å². The number of alkyl halides is 3. The number of nitrogen functional groups attached to an aromatic ring is 1. The molecule has 2 aromatic rings. The highest BCUT2D eigenvalue weighted by molar-refractivity contribution is 7.99. The monoisotopic (exact) mass is 290 g/mol. The minimum absolute atomic E-state index is 0.101. The standard InChI is InChI=1S/C9H9F3N6S/c1-18-3-2-14-8(18)19-6-4-5(17-13)15-7(16-6)9(10,11)12/h2-4H,13H2,1H3,(H,15,16,17). The summed E-state index contributed by atoms with van der Waals surface area (Å²) in [5.41, 5.74) is 2.08. The Balaban J connectivity index is 2.37. The van der Waals surface area contributed by atoms with Gasteiger partial charge in [0.1, 0.15) is 10.8 Å². The van der Waals surface area contributed by atoms with E-state index in [0.717, 1.165) is 11.8 Å². The second-order valence-corrected chi connectivity index (χ2v) is 4.47. The number of hydrogen-bond acceptors (Lipinski definition) is 6. The van der Waals surface area contributed by atoms with Crippen molar-refractivity contribution < 1.29 is 13.2 Å². The van der Waals surface area contributed by atoms with Gasteiger partial charge in [-0.05, 0) is 11.8 Å². The maximum absolute atomic E-state index is 12.6. The third-order valence-electron chi connectivity index (χ3n) is 2.08. The molecular formula is C9H9F3N6S. The number of nitrogens with two attached hydrogens (primary N) is 1. The highest BCUT2D eigenvalue weighted by atomic mass is 32.2. The minimum Gasteiger partial charge on any atom is -0.329 e. The van der Waals surface area contributed by atoms with Crippen molar-refractivity contribution in [2.75, 3.05) is 5.43 Å². The molecular weight excluding hydrogens is 281 g/mol. The lowest BCUT2D eigenvalue weighted by molar-refractivity contribution is -0.145. The summed E-state index contributed by atoms with van der Waals surface area (Å²) in [6.45, 7) is 0. The Hall–Kier alpha value is -1.81. The van der Waals surface area contributed by atoms with E-state index in [0.29, 0.717) is 5.16 Å². The molecule has 0 aliphatic carbocycles. The molecule has 0 saturated heterocycles. The van der Waals surface area contributed by atoms with Gasteiger partial charge >= 0.3 is 6.18 Å². The molecule has 6 nitrogen and oxygen atoms in total. The molecule has 0 bridgehead atoms. The van der Waals surface area contributed by atoms with Crippen LogP contribution >= 0.6 is 11.8 Å². The molecule has 2 aromatic heterocycles. The Morgan fingerprint density at radius 2 is 2.11 bits per heavy atom.